The Morgan fingerprint density at radius 2 is 1.21 bits per heavy atom. The number of allylic oxidation sites excluding steroid dienone is 6. The van der Waals surface area contributed by atoms with E-state index in [1.807, 2.05) is 21.1 Å². The number of phosphoric acid groups is 1. The third kappa shape index (κ3) is 36.0. The van der Waals surface area contributed by atoms with Crippen molar-refractivity contribution in [1.29, 1.82) is 0 Å². The Bertz CT molecular complexity index is 869. The fraction of sp³-hybridized carbons (Fsp3) is 0.821. The van der Waals surface area contributed by atoms with Crippen molar-refractivity contribution < 1.29 is 37.3 Å². The second kappa shape index (κ2) is 32.9. The molecule has 0 aromatic heterocycles. The lowest BCUT2D eigenvalue weighted by molar-refractivity contribution is -0.870. The van der Waals surface area contributed by atoms with Gasteiger partial charge in [0, 0.05) is 13.0 Å². The minimum Gasteiger partial charge on any atom is -0.457 e. The minimum atomic E-state index is -4.27. The maximum absolute atomic E-state index is 12.6. The predicted octanol–water partition coefficient (Wildman–Crippen LogP) is 10.7. The second-order valence-corrected chi connectivity index (χ2v) is 15.4. The number of carbonyl (C=O) groups excluding carboxylic acids is 1. The van der Waals surface area contributed by atoms with E-state index in [0.717, 1.165) is 57.8 Å². The lowest BCUT2D eigenvalue weighted by Gasteiger charge is -2.24. The summed E-state index contributed by atoms with van der Waals surface area (Å²) in [7, 11) is 1.65. The van der Waals surface area contributed by atoms with Crippen LogP contribution in [0, 0.1) is 0 Å². The number of hydrogen-bond acceptors (Lipinski definition) is 6. The molecule has 9 heteroatoms. The van der Waals surface area contributed by atoms with Crippen LogP contribution in [0.5, 0.6) is 0 Å². The highest BCUT2D eigenvalue weighted by Gasteiger charge is 2.26. The molecular formula is C39H75NO7P+. The van der Waals surface area contributed by atoms with E-state index in [9.17, 15) is 14.3 Å². The van der Waals surface area contributed by atoms with Gasteiger partial charge in [0.2, 0.25) is 0 Å². The molecule has 8 nitrogen and oxygen atoms in total. The van der Waals surface area contributed by atoms with Gasteiger partial charge in [-0.3, -0.25) is 13.8 Å². The van der Waals surface area contributed by atoms with Gasteiger partial charge in [-0.25, -0.2) is 4.57 Å². The molecule has 2 unspecified atom stereocenters. The molecule has 1 N–H and O–H groups in total. The van der Waals surface area contributed by atoms with Crippen molar-refractivity contribution in [2.75, 3.05) is 54.1 Å². The fourth-order valence-electron chi connectivity index (χ4n) is 4.98. The van der Waals surface area contributed by atoms with E-state index in [1.54, 1.807) is 0 Å². The first kappa shape index (κ1) is 46.7. The molecule has 0 aromatic rings. The molecule has 0 bridgehead atoms. The van der Waals surface area contributed by atoms with E-state index in [1.165, 1.54) is 70.6 Å². The number of nitrogens with zero attached hydrogens (tertiary/aromatic N) is 1. The molecule has 0 aromatic carbocycles. The summed E-state index contributed by atoms with van der Waals surface area (Å²) in [4.78, 5) is 22.7. The number of rotatable bonds is 35. The molecule has 2 atom stereocenters. The summed E-state index contributed by atoms with van der Waals surface area (Å²) in [6.07, 6.45) is 36.0. The van der Waals surface area contributed by atoms with Gasteiger partial charge in [0.05, 0.1) is 34.4 Å². The van der Waals surface area contributed by atoms with Crippen molar-refractivity contribution in [3.05, 3.63) is 36.5 Å². The highest BCUT2D eigenvalue weighted by Crippen LogP contribution is 2.43. The van der Waals surface area contributed by atoms with Gasteiger partial charge in [-0.2, -0.15) is 0 Å². The molecule has 0 saturated carbocycles. The van der Waals surface area contributed by atoms with Crippen LogP contribution in [0.2, 0.25) is 0 Å². The summed E-state index contributed by atoms with van der Waals surface area (Å²) in [5.41, 5.74) is 0. The van der Waals surface area contributed by atoms with Crippen molar-refractivity contribution in [2.24, 2.45) is 0 Å². The number of phosphoric ester groups is 1. The summed E-state index contributed by atoms with van der Waals surface area (Å²) in [5, 5.41) is 0. The molecule has 0 aliphatic rings. The lowest BCUT2D eigenvalue weighted by atomic mass is 10.1. The molecule has 0 rings (SSSR count). The quantitative estimate of drug-likeness (QED) is 0.0231. The first-order chi connectivity index (χ1) is 23.1. The zero-order valence-corrected chi connectivity index (χ0v) is 32.6. The maximum Gasteiger partial charge on any atom is 0.472 e. The first-order valence-corrected chi connectivity index (χ1v) is 20.7. The summed E-state index contributed by atoms with van der Waals surface area (Å²) >= 11 is 0. The Morgan fingerprint density at radius 1 is 0.667 bits per heavy atom. The summed E-state index contributed by atoms with van der Waals surface area (Å²) < 4.78 is 34.8. The molecule has 0 spiro atoms. The fourth-order valence-corrected chi connectivity index (χ4v) is 5.72. The van der Waals surface area contributed by atoms with Gasteiger partial charge in [0.1, 0.15) is 19.3 Å². The number of hydrogen-bond donors (Lipinski definition) is 1. The maximum atomic E-state index is 12.6. The van der Waals surface area contributed by atoms with Crippen molar-refractivity contribution in [3.8, 4) is 0 Å². The van der Waals surface area contributed by atoms with Gasteiger partial charge >= 0.3 is 13.8 Å². The zero-order valence-electron chi connectivity index (χ0n) is 31.7. The molecule has 0 heterocycles. The Hall–Kier alpha value is -1.28. The van der Waals surface area contributed by atoms with Crippen LogP contribution < -0.4 is 0 Å². The Morgan fingerprint density at radius 3 is 1.81 bits per heavy atom. The third-order valence-corrected chi connectivity index (χ3v) is 8.95. The monoisotopic (exact) mass is 701 g/mol. The molecule has 0 aliphatic carbocycles. The Balaban J connectivity index is 4.29. The van der Waals surface area contributed by atoms with E-state index in [-0.39, 0.29) is 25.8 Å². The second-order valence-electron chi connectivity index (χ2n) is 13.9. The van der Waals surface area contributed by atoms with Crippen molar-refractivity contribution in [3.63, 3.8) is 0 Å². The SMILES string of the molecule is CC/C=C\C/C=C\C/C=C\CCCCCCCCOCC(COP(=O)(O)OCC[N+](C)(C)C)OC(=O)CCCCCCCCCCCC. The highest BCUT2D eigenvalue weighted by atomic mass is 31.2. The average molecular weight is 701 g/mol. The van der Waals surface area contributed by atoms with Gasteiger partial charge in [0.15, 0.2) is 0 Å². The van der Waals surface area contributed by atoms with Gasteiger partial charge in [-0.1, -0.05) is 134 Å². The average Bonchev–Trinajstić information content (AvgIpc) is 3.03. The third-order valence-electron chi connectivity index (χ3n) is 7.97. The van der Waals surface area contributed by atoms with Crippen LogP contribution in [-0.2, 0) is 27.9 Å². The van der Waals surface area contributed by atoms with Crippen LogP contribution in [0.25, 0.3) is 0 Å². The van der Waals surface area contributed by atoms with Crippen LogP contribution in [0.4, 0.5) is 0 Å². The Labute approximate surface area is 295 Å². The lowest BCUT2D eigenvalue weighted by Crippen LogP contribution is -2.37. The van der Waals surface area contributed by atoms with Crippen LogP contribution in [0.1, 0.15) is 149 Å². The molecule has 0 aliphatic heterocycles. The van der Waals surface area contributed by atoms with Crippen LogP contribution in [-0.4, -0.2) is 75.6 Å². The van der Waals surface area contributed by atoms with E-state index in [4.69, 9.17) is 18.5 Å². The predicted molar refractivity (Wildman–Crippen MR) is 201 cm³/mol. The highest BCUT2D eigenvalue weighted by molar-refractivity contribution is 7.47. The van der Waals surface area contributed by atoms with Gasteiger partial charge in [-0.05, 0) is 44.9 Å². The van der Waals surface area contributed by atoms with E-state index in [0.29, 0.717) is 24.1 Å². The number of likely N-dealkylation sites (N-methyl/N-ethyl adjacent to an activating group) is 1. The van der Waals surface area contributed by atoms with Gasteiger partial charge in [-0.15, -0.1) is 0 Å². The molecular weight excluding hydrogens is 625 g/mol. The van der Waals surface area contributed by atoms with Crippen LogP contribution >= 0.6 is 7.82 Å². The first-order valence-electron chi connectivity index (χ1n) is 19.2. The molecule has 0 radical (unpaired) electrons. The standard InChI is InChI=1S/C39H74NO7P/c1-6-8-10-12-14-16-18-19-20-21-22-23-25-27-29-31-34-44-36-38(37-46-48(42,43)45-35-33-40(3,4)5)47-39(41)32-30-28-26-24-17-15-13-11-9-7-2/h8,10,14,16,19-20,38H,6-7,9,11-13,15,17-18,21-37H2,1-5H3/p+1/b10-8-,16-14-,20-19-. The zero-order chi connectivity index (χ0) is 35.6. The summed E-state index contributed by atoms with van der Waals surface area (Å²) in [6.45, 7) is 5.46. The normalized spacial score (nSPS) is 14.4. The molecule has 48 heavy (non-hydrogen) atoms. The van der Waals surface area contributed by atoms with Crippen molar-refractivity contribution in [2.45, 2.75) is 155 Å². The number of unbranched alkanes of at least 4 members (excludes halogenated alkanes) is 15. The van der Waals surface area contributed by atoms with Crippen molar-refractivity contribution >= 4 is 13.8 Å². The van der Waals surface area contributed by atoms with Gasteiger partial charge < -0.3 is 18.9 Å². The molecule has 0 amide bonds. The van der Waals surface area contributed by atoms with Gasteiger partial charge in [0.25, 0.3) is 0 Å². The summed E-state index contributed by atoms with van der Waals surface area (Å²) in [5.74, 6) is -0.323. The minimum absolute atomic E-state index is 0.0860. The number of ether oxygens (including phenoxy) is 2. The van der Waals surface area contributed by atoms with Crippen LogP contribution in [0.15, 0.2) is 36.5 Å². The number of quaternary nitrogens is 1. The van der Waals surface area contributed by atoms with Crippen molar-refractivity contribution in [1.82, 2.24) is 0 Å². The number of esters is 1. The van der Waals surface area contributed by atoms with E-state index >= 15 is 0 Å². The number of carbonyl (C=O) groups is 1. The molecule has 0 saturated heterocycles. The molecule has 282 valence electrons. The van der Waals surface area contributed by atoms with Crippen LogP contribution in [0.3, 0.4) is 0 Å². The largest absolute Gasteiger partial charge is 0.472 e. The van der Waals surface area contributed by atoms with E-state index < -0.39 is 13.9 Å². The molecule has 0 fully saturated rings. The summed E-state index contributed by atoms with van der Waals surface area (Å²) in [6, 6.07) is 0. The topological polar surface area (TPSA) is 91.3 Å². The smallest absolute Gasteiger partial charge is 0.457 e. The Kier molecular flexibility index (Phi) is 32.0. The van der Waals surface area contributed by atoms with E-state index in [2.05, 4.69) is 50.3 Å².